The van der Waals surface area contributed by atoms with E-state index in [1.54, 1.807) is 6.07 Å². The van der Waals surface area contributed by atoms with E-state index in [-0.39, 0.29) is 5.92 Å². The van der Waals surface area contributed by atoms with Crippen LogP contribution in [0.3, 0.4) is 0 Å². The van der Waals surface area contributed by atoms with Crippen molar-refractivity contribution in [2.45, 2.75) is 26.2 Å². The van der Waals surface area contributed by atoms with Crippen LogP contribution in [-0.2, 0) is 4.79 Å². The molecule has 0 saturated carbocycles. The quantitative estimate of drug-likeness (QED) is 0.444. The molecular formula is C11H17ClN4O. The Kier molecular flexibility index (Phi) is 5.69. The Labute approximate surface area is 106 Å². The number of nitrogens with one attached hydrogen (secondary N) is 2. The van der Waals surface area contributed by atoms with Crippen molar-refractivity contribution in [1.29, 1.82) is 0 Å². The number of halogens is 1. The SMILES string of the molecule is CC(C)c1nc(Cl)cc(NCCCNC=O)n1. The number of hydrogen-bond donors (Lipinski definition) is 2. The summed E-state index contributed by atoms with van der Waals surface area (Å²) in [6.45, 7) is 5.41. The number of amides is 1. The zero-order valence-electron chi connectivity index (χ0n) is 10.0. The van der Waals surface area contributed by atoms with Crippen molar-refractivity contribution in [3.63, 3.8) is 0 Å². The van der Waals surface area contributed by atoms with Crippen LogP contribution in [0.4, 0.5) is 5.82 Å². The summed E-state index contributed by atoms with van der Waals surface area (Å²) in [6, 6.07) is 1.70. The summed E-state index contributed by atoms with van der Waals surface area (Å²) in [7, 11) is 0. The van der Waals surface area contributed by atoms with Crippen molar-refractivity contribution in [1.82, 2.24) is 15.3 Å². The van der Waals surface area contributed by atoms with Gasteiger partial charge in [-0.1, -0.05) is 25.4 Å². The topological polar surface area (TPSA) is 66.9 Å². The fourth-order valence-electron chi connectivity index (χ4n) is 1.25. The van der Waals surface area contributed by atoms with Crippen molar-refractivity contribution in [2.24, 2.45) is 0 Å². The summed E-state index contributed by atoms with van der Waals surface area (Å²) >= 11 is 5.91. The minimum atomic E-state index is 0.242. The zero-order valence-corrected chi connectivity index (χ0v) is 10.8. The molecule has 1 aromatic rings. The van der Waals surface area contributed by atoms with Gasteiger partial charge in [0.1, 0.15) is 16.8 Å². The van der Waals surface area contributed by atoms with Crippen LogP contribution >= 0.6 is 11.6 Å². The molecule has 0 bridgehead atoms. The summed E-state index contributed by atoms with van der Waals surface area (Å²) in [5, 5.41) is 6.19. The van der Waals surface area contributed by atoms with E-state index < -0.39 is 0 Å². The molecule has 0 atom stereocenters. The maximum absolute atomic E-state index is 10.0. The largest absolute Gasteiger partial charge is 0.370 e. The minimum absolute atomic E-state index is 0.242. The lowest BCUT2D eigenvalue weighted by Crippen LogP contribution is -2.16. The van der Waals surface area contributed by atoms with E-state index in [9.17, 15) is 4.79 Å². The molecule has 94 valence electrons. The van der Waals surface area contributed by atoms with E-state index in [4.69, 9.17) is 11.6 Å². The van der Waals surface area contributed by atoms with Crippen molar-refractivity contribution < 1.29 is 4.79 Å². The fourth-order valence-corrected chi connectivity index (χ4v) is 1.44. The molecule has 5 nitrogen and oxygen atoms in total. The number of hydrogen-bond acceptors (Lipinski definition) is 4. The molecule has 0 unspecified atom stereocenters. The average Bonchev–Trinajstić information content (AvgIpc) is 2.28. The lowest BCUT2D eigenvalue weighted by molar-refractivity contribution is -0.109. The molecule has 1 aromatic heterocycles. The van der Waals surface area contributed by atoms with Crippen molar-refractivity contribution in [3.05, 3.63) is 17.0 Å². The van der Waals surface area contributed by atoms with E-state index in [2.05, 4.69) is 20.6 Å². The Bertz CT molecular complexity index is 370. The Morgan fingerprint density at radius 3 is 2.82 bits per heavy atom. The summed E-state index contributed by atoms with van der Waals surface area (Å²) < 4.78 is 0. The molecule has 1 amide bonds. The number of rotatable bonds is 7. The second kappa shape index (κ2) is 7.06. The van der Waals surface area contributed by atoms with Gasteiger partial charge >= 0.3 is 0 Å². The van der Waals surface area contributed by atoms with Gasteiger partial charge in [-0.05, 0) is 6.42 Å². The molecule has 0 aromatic carbocycles. The highest BCUT2D eigenvalue weighted by Crippen LogP contribution is 2.16. The third kappa shape index (κ3) is 4.99. The molecule has 0 aliphatic heterocycles. The molecule has 0 aliphatic rings. The molecule has 2 N–H and O–H groups in total. The van der Waals surface area contributed by atoms with Crippen LogP contribution in [0.2, 0.25) is 5.15 Å². The molecule has 0 aliphatic carbocycles. The molecule has 1 heterocycles. The van der Waals surface area contributed by atoms with Gasteiger partial charge in [0.05, 0.1) is 0 Å². The highest BCUT2D eigenvalue weighted by Gasteiger charge is 2.06. The van der Waals surface area contributed by atoms with Crippen LogP contribution in [0.25, 0.3) is 0 Å². The first-order valence-corrected chi connectivity index (χ1v) is 5.96. The van der Waals surface area contributed by atoms with Gasteiger partial charge in [0.2, 0.25) is 6.41 Å². The van der Waals surface area contributed by atoms with E-state index >= 15 is 0 Å². The van der Waals surface area contributed by atoms with Crippen LogP contribution in [0.1, 0.15) is 32.0 Å². The summed E-state index contributed by atoms with van der Waals surface area (Å²) in [5.41, 5.74) is 0. The highest BCUT2D eigenvalue weighted by molar-refractivity contribution is 6.29. The third-order valence-electron chi connectivity index (χ3n) is 2.12. The molecule has 17 heavy (non-hydrogen) atoms. The second-order valence-electron chi connectivity index (χ2n) is 3.94. The maximum Gasteiger partial charge on any atom is 0.207 e. The molecule has 0 saturated heterocycles. The zero-order chi connectivity index (χ0) is 12.7. The van der Waals surface area contributed by atoms with E-state index in [0.717, 1.165) is 24.6 Å². The van der Waals surface area contributed by atoms with E-state index in [0.29, 0.717) is 18.1 Å². The number of aromatic nitrogens is 2. The monoisotopic (exact) mass is 256 g/mol. The molecule has 1 rings (SSSR count). The first kappa shape index (κ1) is 13.7. The van der Waals surface area contributed by atoms with Crippen LogP contribution in [-0.4, -0.2) is 29.5 Å². The predicted octanol–water partition coefficient (Wildman–Crippen LogP) is 1.80. The van der Waals surface area contributed by atoms with Crippen molar-refractivity contribution in [2.75, 3.05) is 18.4 Å². The van der Waals surface area contributed by atoms with E-state index in [1.807, 2.05) is 13.8 Å². The predicted molar refractivity (Wildman–Crippen MR) is 68.3 cm³/mol. The van der Waals surface area contributed by atoms with Gasteiger partial charge in [0.25, 0.3) is 0 Å². The Morgan fingerprint density at radius 2 is 2.18 bits per heavy atom. The Balaban J connectivity index is 2.50. The summed E-state index contributed by atoms with van der Waals surface area (Å²) in [4.78, 5) is 18.5. The second-order valence-corrected chi connectivity index (χ2v) is 4.33. The summed E-state index contributed by atoms with van der Waals surface area (Å²) in [6.07, 6.45) is 1.52. The number of anilines is 1. The fraction of sp³-hybridized carbons (Fsp3) is 0.545. The van der Waals surface area contributed by atoms with Crippen LogP contribution in [0.5, 0.6) is 0 Å². The van der Waals surface area contributed by atoms with Gasteiger partial charge in [0, 0.05) is 25.1 Å². The van der Waals surface area contributed by atoms with Gasteiger partial charge < -0.3 is 10.6 Å². The van der Waals surface area contributed by atoms with Gasteiger partial charge in [-0.15, -0.1) is 0 Å². The van der Waals surface area contributed by atoms with Gasteiger partial charge in [-0.2, -0.15) is 0 Å². The first-order chi connectivity index (χ1) is 8.13. The average molecular weight is 257 g/mol. The number of nitrogens with zero attached hydrogens (tertiary/aromatic N) is 2. The van der Waals surface area contributed by atoms with E-state index in [1.165, 1.54) is 0 Å². The van der Waals surface area contributed by atoms with Crippen LogP contribution in [0.15, 0.2) is 6.07 Å². The van der Waals surface area contributed by atoms with Crippen molar-refractivity contribution >= 4 is 23.8 Å². The molecular weight excluding hydrogens is 240 g/mol. The molecule has 0 spiro atoms. The minimum Gasteiger partial charge on any atom is -0.370 e. The Hall–Kier alpha value is -1.36. The lowest BCUT2D eigenvalue weighted by atomic mass is 10.2. The van der Waals surface area contributed by atoms with Gasteiger partial charge in [-0.25, -0.2) is 9.97 Å². The lowest BCUT2D eigenvalue weighted by Gasteiger charge is -2.09. The number of carbonyl (C=O) groups excluding carboxylic acids is 1. The van der Waals surface area contributed by atoms with Crippen molar-refractivity contribution in [3.8, 4) is 0 Å². The normalized spacial score (nSPS) is 10.4. The summed E-state index contributed by atoms with van der Waals surface area (Å²) in [5.74, 6) is 1.69. The molecule has 6 heteroatoms. The number of carbonyl (C=O) groups is 1. The molecule has 0 radical (unpaired) electrons. The first-order valence-electron chi connectivity index (χ1n) is 5.59. The molecule has 0 fully saturated rings. The van der Waals surface area contributed by atoms with Crippen LogP contribution in [0, 0.1) is 0 Å². The third-order valence-corrected chi connectivity index (χ3v) is 2.31. The smallest absolute Gasteiger partial charge is 0.207 e. The van der Waals surface area contributed by atoms with Gasteiger partial charge in [-0.3, -0.25) is 4.79 Å². The Morgan fingerprint density at radius 1 is 1.41 bits per heavy atom. The standard InChI is InChI=1S/C11H17ClN4O/c1-8(2)11-15-9(12)6-10(16-11)14-5-3-4-13-7-17/h6-8H,3-5H2,1-2H3,(H,13,17)(H,14,15,16). The van der Waals surface area contributed by atoms with Gasteiger partial charge in [0.15, 0.2) is 0 Å². The maximum atomic E-state index is 10.0. The van der Waals surface area contributed by atoms with Crippen LogP contribution < -0.4 is 10.6 Å². The highest BCUT2D eigenvalue weighted by atomic mass is 35.5.